The van der Waals surface area contributed by atoms with Gasteiger partial charge in [0.1, 0.15) is 11.5 Å². The van der Waals surface area contributed by atoms with E-state index >= 15 is 0 Å². The van der Waals surface area contributed by atoms with E-state index < -0.39 is 10.8 Å². The highest BCUT2D eigenvalue weighted by Gasteiger charge is 2.26. The lowest BCUT2D eigenvalue weighted by Gasteiger charge is -2.27. The zero-order valence-electron chi connectivity index (χ0n) is 18.1. The Morgan fingerprint density at radius 2 is 1.53 bits per heavy atom. The first kappa shape index (κ1) is 22.9. The van der Waals surface area contributed by atoms with Crippen LogP contribution in [0.25, 0.3) is 6.08 Å². The van der Waals surface area contributed by atoms with E-state index in [1.54, 1.807) is 6.08 Å². The van der Waals surface area contributed by atoms with E-state index in [-0.39, 0.29) is 33.7 Å². The Balaban J connectivity index is 2.37. The Morgan fingerprint density at radius 1 is 1.00 bits per heavy atom. The lowest BCUT2D eigenvalue weighted by molar-refractivity contribution is -0.384. The zero-order chi connectivity index (χ0) is 22.9. The van der Waals surface area contributed by atoms with Crippen LogP contribution in [0.1, 0.15) is 58.2 Å². The first-order chi connectivity index (χ1) is 13.7. The van der Waals surface area contributed by atoms with Crippen molar-refractivity contribution in [2.24, 2.45) is 0 Å². The number of nitro benzene ring substituents is 1. The van der Waals surface area contributed by atoms with Crippen molar-refractivity contribution in [2.45, 2.75) is 52.4 Å². The second kappa shape index (κ2) is 8.18. The number of rotatable bonds is 4. The van der Waals surface area contributed by atoms with E-state index in [2.05, 4.69) is 5.32 Å². The summed E-state index contributed by atoms with van der Waals surface area (Å²) in [5, 5.41) is 34.0. The van der Waals surface area contributed by atoms with Crippen LogP contribution in [0.5, 0.6) is 11.5 Å². The van der Waals surface area contributed by atoms with Crippen LogP contribution in [-0.2, 0) is 15.6 Å². The summed E-state index contributed by atoms with van der Waals surface area (Å²) >= 11 is 0. The van der Waals surface area contributed by atoms with E-state index in [0.29, 0.717) is 0 Å². The maximum Gasteiger partial charge on any atom is 0.271 e. The molecule has 0 unspecified atom stereocenters. The highest BCUT2D eigenvalue weighted by atomic mass is 16.6. The third kappa shape index (κ3) is 5.37. The Bertz CT molecular complexity index is 976. The highest BCUT2D eigenvalue weighted by Crippen LogP contribution is 2.40. The second-order valence-corrected chi connectivity index (χ2v) is 9.25. The molecule has 0 atom stereocenters. The van der Waals surface area contributed by atoms with E-state index in [0.717, 1.165) is 34.9 Å². The molecule has 0 aromatic heterocycles. The lowest BCUT2D eigenvalue weighted by atomic mass is 9.78. The van der Waals surface area contributed by atoms with Gasteiger partial charge in [-0.3, -0.25) is 14.9 Å². The molecule has 7 heteroatoms. The molecule has 0 fully saturated rings. The highest BCUT2D eigenvalue weighted by molar-refractivity contribution is 6.03. The molecule has 2 aromatic rings. The Labute approximate surface area is 176 Å². The average Bonchev–Trinajstić information content (AvgIpc) is 2.60. The summed E-state index contributed by atoms with van der Waals surface area (Å²) in [6.45, 7) is 12.0. The van der Waals surface area contributed by atoms with Crippen molar-refractivity contribution in [3.05, 3.63) is 63.2 Å². The van der Waals surface area contributed by atoms with Crippen LogP contribution in [0, 0.1) is 10.1 Å². The number of benzene rings is 2. The minimum Gasteiger partial charge on any atom is -0.507 e. The number of carbonyl (C=O) groups excluding carboxylic acids is 1. The summed E-state index contributed by atoms with van der Waals surface area (Å²) in [5.74, 6) is -0.566. The fourth-order valence-corrected chi connectivity index (χ4v) is 2.98. The number of non-ortho nitro benzene ring substituents is 1. The number of anilines is 1. The molecule has 0 aliphatic heterocycles. The van der Waals surface area contributed by atoms with Gasteiger partial charge in [-0.05, 0) is 40.7 Å². The molecule has 0 bridgehead atoms. The maximum absolute atomic E-state index is 12.3. The molecule has 30 heavy (non-hydrogen) atoms. The fraction of sp³-hybridized carbons (Fsp3) is 0.348. The van der Waals surface area contributed by atoms with Crippen LogP contribution < -0.4 is 5.32 Å². The molecule has 3 N–H and O–H groups in total. The largest absolute Gasteiger partial charge is 0.507 e. The number of phenols is 2. The average molecular weight is 412 g/mol. The third-order valence-corrected chi connectivity index (χ3v) is 4.62. The summed E-state index contributed by atoms with van der Waals surface area (Å²) in [6, 6.07) is 7.07. The van der Waals surface area contributed by atoms with Crippen LogP contribution in [0.4, 0.5) is 11.4 Å². The molecule has 2 aromatic carbocycles. The number of hydrogen-bond acceptors (Lipinski definition) is 5. The molecule has 1 amide bonds. The van der Waals surface area contributed by atoms with Crippen molar-refractivity contribution >= 4 is 23.4 Å². The predicted octanol–water partition coefficient (Wildman–Crippen LogP) is 5.25. The van der Waals surface area contributed by atoms with Gasteiger partial charge in [-0.25, -0.2) is 0 Å². The van der Waals surface area contributed by atoms with Crippen molar-refractivity contribution < 1.29 is 19.9 Å². The van der Waals surface area contributed by atoms with Crippen LogP contribution in [0.15, 0.2) is 36.4 Å². The minimum atomic E-state index is -0.608. The van der Waals surface area contributed by atoms with E-state index in [1.165, 1.54) is 6.08 Å². The monoisotopic (exact) mass is 412 g/mol. The number of phenolic OH excluding ortho intramolecular Hbond substituents is 2. The fourth-order valence-electron chi connectivity index (χ4n) is 2.98. The molecule has 7 nitrogen and oxygen atoms in total. The number of hydrogen-bond donors (Lipinski definition) is 3. The molecule has 0 spiro atoms. The van der Waals surface area contributed by atoms with Gasteiger partial charge in [-0.1, -0.05) is 41.5 Å². The summed E-state index contributed by atoms with van der Waals surface area (Å²) < 4.78 is 0. The van der Waals surface area contributed by atoms with Crippen LogP contribution >= 0.6 is 0 Å². The van der Waals surface area contributed by atoms with E-state index in [4.69, 9.17) is 0 Å². The van der Waals surface area contributed by atoms with E-state index in [9.17, 15) is 25.1 Å². The van der Waals surface area contributed by atoms with Gasteiger partial charge in [0.25, 0.3) is 5.69 Å². The lowest BCUT2D eigenvalue weighted by Crippen LogP contribution is -2.17. The second-order valence-electron chi connectivity index (χ2n) is 9.25. The molecule has 0 aliphatic carbocycles. The van der Waals surface area contributed by atoms with Crippen LogP contribution in [0.2, 0.25) is 0 Å². The number of carbonyl (C=O) groups is 1. The van der Waals surface area contributed by atoms with Gasteiger partial charge in [-0.2, -0.15) is 0 Å². The van der Waals surface area contributed by atoms with Crippen molar-refractivity contribution in [3.8, 4) is 11.5 Å². The summed E-state index contributed by atoms with van der Waals surface area (Å²) in [4.78, 5) is 22.6. The molecule has 2 rings (SSSR count). The van der Waals surface area contributed by atoms with Gasteiger partial charge < -0.3 is 15.5 Å². The van der Waals surface area contributed by atoms with Gasteiger partial charge in [0, 0.05) is 29.3 Å². The number of aromatic hydroxyl groups is 2. The number of nitro groups is 1. The van der Waals surface area contributed by atoms with Gasteiger partial charge >= 0.3 is 0 Å². The SMILES string of the molecule is CC(C)(C)c1cc(C=CC(=O)Nc2cc([N+](=O)[O-])ccc2O)cc(C(C)(C)C)c1O. The first-order valence-corrected chi connectivity index (χ1v) is 9.54. The molecule has 0 aliphatic rings. The molecule has 0 saturated carbocycles. The standard InChI is InChI=1S/C23H28N2O5/c1-22(2,3)16-11-14(12-17(21(16)28)23(4,5)6)7-10-20(27)24-18-13-15(25(29)30)8-9-19(18)26/h7-13,26,28H,1-6H3,(H,24,27). The molecule has 0 saturated heterocycles. The Hall–Kier alpha value is -3.35. The quantitative estimate of drug-likeness (QED) is 0.275. The minimum absolute atomic E-state index is 0.0460. The Morgan fingerprint density at radius 3 is 2.00 bits per heavy atom. The zero-order valence-corrected chi connectivity index (χ0v) is 18.1. The number of nitrogens with one attached hydrogen (secondary N) is 1. The molecule has 160 valence electrons. The van der Waals surface area contributed by atoms with Gasteiger partial charge in [0.15, 0.2) is 0 Å². The predicted molar refractivity (Wildman–Crippen MR) is 118 cm³/mol. The number of nitrogens with zero attached hydrogens (tertiary/aromatic N) is 1. The number of amides is 1. The first-order valence-electron chi connectivity index (χ1n) is 9.54. The molecule has 0 heterocycles. The van der Waals surface area contributed by atoms with Gasteiger partial charge in [0.2, 0.25) is 5.91 Å². The van der Waals surface area contributed by atoms with Crippen molar-refractivity contribution in [1.82, 2.24) is 0 Å². The molecule has 0 radical (unpaired) electrons. The summed E-state index contributed by atoms with van der Waals surface area (Å²) in [5.41, 5.74) is 1.39. The topological polar surface area (TPSA) is 113 Å². The Kier molecular flexibility index (Phi) is 6.25. The normalized spacial score (nSPS) is 12.2. The van der Waals surface area contributed by atoms with E-state index in [1.807, 2.05) is 53.7 Å². The van der Waals surface area contributed by atoms with Gasteiger partial charge in [0.05, 0.1) is 10.6 Å². The maximum atomic E-state index is 12.3. The molecular weight excluding hydrogens is 384 g/mol. The van der Waals surface area contributed by atoms with Crippen molar-refractivity contribution in [1.29, 1.82) is 0 Å². The van der Waals surface area contributed by atoms with Gasteiger partial charge in [-0.15, -0.1) is 0 Å². The third-order valence-electron chi connectivity index (χ3n) is 4.62. The molecular formula is C23H28N2O5. The van der Waals surface area contributed by atoms with Crippen LogP contribution in [0.3, 0.4) is 0 Å². The summed E-state index contributed by atoms with van der Waals surface area (Å²) in [6.07, 6.45) is 2.89. The smallest absolute Gasteiger partial charge is 0.271 e. The van der Waals surface area contributed by atoms with Crippen molar-refractivity contribution in [2.75, 3.05) is 5.32 Å². The van der Waals surface area contributed by atoms with Crippen LogP contribution in [-0.4, -0.2) is 21.0 Å². The summed E-state index contributed by atoms with van der Waals surface area (Å²) in [7, 11) is 0. The van der Waals surface area contributed by atoms with Crippen molar-refractivity contribution in [3.63, 3.8) is 0 Å².